The second-order valence-electron chi connectivity index (χ2n) is 7.73. The molecule has 2 N–H and O–H groups in total. The number of amides is 2. The van der Waals surface area contributed by atoms with Gasteiger partial charge < -0.3 is 15.5 Å². The lowest BCUT2D eigenvalue weighted by Gasteiger charge is -2.41. The van der Waals surface area contributed by atoms with Crippen molar-refractivity contribution in [1.29, 1.82) is 0 Å². The normalized spacial score (nSPS) is 21.5. The van der Waals surface area contributed by atoms with Crippen molar-refractivity contribution in [2.24, 2.45) is 0 Å². The number of anilines is 1. The molecular weight excluding hydrogens is 347 g/mol. The molecule has 27 heavy (non-hydrogen) atoms. The summed E-state index contributed by atoms with van der Waals surface area (Å²) in [7, 11) is 0. The Hall–Kier alpha value is -2.44. The van der Waals surface area contributed by atoms with E-state index in [9.17, 15) is 14.0 Å². The number of halogens is 1. The number of nitrogens with one attached hydrogen (secondary N) is 2. The number of piperidine rings is 1. The van der Waals surface area contributed by atoms with Crippen LogP contribution in [0.4, 0.5) is 10.2 Å². The average molecular weight is 372 g/mol. The first-order valence-electron chi connectivity index (χ1n) is 9.75. The first-order chi connectivity index (χ1) is 13.1. The molecule has 0 atom stereocenters. The van der Waals surface area contributed by atoms with Crippen LogP contribution < -0.4 is 10.6 Å². The van der Waals surface area contributed by atoms with E-state index in [0.717, 1.165) is 43.9 Å². The zero-order valence-corrected chi connectivity index (χ0v) is 15.3. The maximum atomic E-state index is 13.2. The van der Waals surface area contributed by atoms with Gasteiger partial charge in [-0.05, 0) is 57.1 Å². The molecule has 2 heterocycles. The van der Waals surface area contributed by atoms with Gasteiger partial charge >= 0.3 is 0 Å². The third-order valence-corrected chi connectivity index (χ3v) is 5.66. The van der Waals surface area contributed by atoms with Crippen LogP contribution in [0.3, 0.4) is 0 Å². The van der Waals surface area contributed by atoms with Crippen LogP contribution in [0.15, 0.2) is 30.0 Å². The van der Waals surface area contributed by atoms with E-state index in [2.05, 4.69) is 15.6 Å². The van der Waals surface area contributed by atoms with Gasteiger partial charge in [-0.3, -0.25) is 9.59 Å². The second-order valence-corrected chi connectivity index (χ2v) is 7.73. The van der Waals surface area contributed by atoms with Crippen LogP contribution >= 0.6 is 0 Å². The van der Waals surface area contributed by atoms with E-state index in [1.54, 1.807) is 6.07 Å². The fraction of sp³-hybridized carbons (Fsp3) is 0.550. The number of carbonyl (C=O) groups is 2. The molecule has 7 heteroatoms. The molecule has 1 aromatic rings. The van der Waals surface area contributed by atoms with E-state index in [0.29, 0.717) is 31.7 Å². The molecule has 3 aliphatic rings. The van der Waals surface area contributed by atoms with Gasteiger partial charge in [-0.25, -0.2) is 9.37 Å². The lowest BCUT2D eigenvalue weighted by molar-refractivity contribution is -0.133. The van der Waals surface area contributed by atoms with Crippen molar-refractivity contribution in [2.45, 2.75) is 56.5 Å². The van der Waals surface area contributed by atoms with Gasteiger partial charge in [-0.15, -0.1) is 0 Å². The summed E-state index contributed by atoms with van der Waals surface area (Å²) in [6, 6.07) is 3.12. The predicted octanol–water partition coefficient (Wildman–Crippen LogP) is 2.38. The fourth-order valence-electron chi connectivity index (χ4n) is 3.81. The Balaban J connectivity index is 1.48. The Morgan fingerprint density at radius 2 is 2.00 bits per heavy atom. The molecule has 4 rings (SSSR count). The van der Waals surface area contributed by atoms with Crippen molar-refractivity contribution >= 4 is 17.6 Å². The number of carbonyl (C=O) groups excluding carboxylic acids is 2. The summed E-state index contributed by atoms with van der Waals surface area (Å²) in [5.74, 6) is 0.106. The maximum Gasteiger partial charge on any atom is 0.249 e. The third-order valence-electron chi connectivity index (χ3n) is 5.66. The number of aromatic nitrogens is 1. The van der Waals surface area contributed by atoms with Gasteiger partial charge in [0.05, 0.1) is 6.20 Å². The molecule has 144 valence electrons. The van der Waals surface area contributed by atoms with Crippen molar-refractivity contribution in [3.8, 4) is 0 Å². The van der Waals surface area contributed by atoms with Gasteiger partial charge in [-0.2, -0.15) is 0 Å². The number of pyridine rings is 1. The highest BCUT2D eigenvalue weighted by Gasteiger charge is 2.44. The van der Waals surface area contributed by atoms with Gasteiger partial charge in [0.25, 0.3) is 0 Å². The molecule has 6 nitrogen and oxygen atoms in total. The molecule has 0 spiro atoms. The lowest BCUT2D eigenvalue weighted by Crippen LogP contribution is -2.59. The Bertz CT molecular complexity index is 750. The average Bonchev–Trinajstić information content (AvgIpc) is 3.32. The van der Waals surface area contributed by atoms with Crippen LogP contribution in [-0.4, -0.2) is 46.4 Å². The first kappa shape index (κ1) is 17.9. The quantitative estimate of drug-likeness (QED) is 0.832. The second kappa shape index (κ2) is 7.29. The predicted molar refractivity (Wildman–Crippen MR) is 99.5 cm³/mol. The Morgan fingerprint density at radius 1 is 1.22 bits per heavy atom. The van der Waals surface area contributed by atoms with E-state index in [-0.39, 0.29) is 17.9 Å². The zero-order chi connectivity index (χ0) is 18.9. The molecule has 0 aromatic carbocycles. The summed E-state index contributed by atoms with van der Waals surface area (Å²) in [6.45, 7) is 1.03. The molecule has 0 radical (unpaired) electrons. The van der Waals surface area contributed by atoms with Crippen LogP contribution in [-0.2, 0) is 9.59 Å². The summed E-state index contributed by atoms with van der Waals surface area (Å²) in [4.78, 5) is 31.5. The van der Waals surface area contributed by atoms with Gasteiger partial charge in [0.1, 0.15) is 17.2 Å². The zero-order valence-electron chi connectivity index (χ0n) is 15.3. The molecule has 1 saturated heterocycles. The summed E-state index contributed by atoms with van der Waals surface area (Å²) >= 11 is 0. The highest BCUT2D eigenvalue weighted by molar-refractivity contribution is 5.95. The molecule has 2 aliphatic carbocycles. The monoisotopic (exact) mass is 372 g/mol. The highest BCUT2D eigenvalue weighted by Crippen LogP contribution is 2.30. The topological polar surface area (TPSA) is 74.3 Å². The lowest BCUT2D eigenvalue weighted by atomic mass is 9.85. The molecular formula is C20H25FN4O2. The van der Waals surface area contributed by atoms with Crippen molar-refractivity contribution in [1.82, 2.24) is 15.2 Å². The number of hydrogen-bond acceptors (Lipinski definition) is 4. The van der Waals surface area contributed by atoms with Crippen LogP contribution in [0, 0.1) is 5.82 Å². The minimum absolute atomic E-state index is 0.0525. The Labute approximate surface area is 158 Å². The minimum atomic E-state index is -0.825. The highest BCUT2D eigenvalue weighted by atomic mass is 19.1. The summed E-state index contributed by atoms with van der Waals surface area (Å²) < 4.78 is 13.2. The van der Waals surface area contributed by atoms with Gasteiger partial charge in [0.15, 0.2) is 0 Å². The number of rotatable bonds is 5. The van der Waals surface area contributed by atoms with Crippen LogP contribution in [0.1, 0.15) is 44.9 Å². The van der Waals surface area contributed by atoms with Crippen LogP contribution in [0.25, 0.3) is 0 Å². The number of nitrogens with zero attached hydrogens (tertiary/aromatic N) is 2. The number of likely N-dealkylation sites (tertiary alicyclic amines) is 1. The van der Waals surface area contributed by atoms with Crippen molar-refractivity contribution in [3.05, 3.63) is 35.8 Å². The Morgan fingerprint density at radius 3 is 2.59 bits per heavy atom. The smallest absolute Gasteiger partial charge is 0.249 e. The van der Waals surface area contributed by atoms with E-state index in [4.69, 9.17) is 0 Å². The van der Waals surface area contributed by atoms with Gasteiger partial charge in [0.2, 0.25) is 11.8 Å². The summed E-state index contributed by atoms with van der Waals surface area (Å²) in [5.41, 5.74) is 0.0759. The maximum absolute atomic E-state index is 13.2. The molecule has 0 bridgehead atoms. The van der Waals surface area contributed by atoms with Gasteiger partial charge in [-0.1, -0.05) is 6.08 Å². The molecule has 1 saturated carbocycles. The molecule has 2 amide bonds. The standard InChI is InChI=1S/C20H25FN4O2/c21-15-5-8-17(22-13-15)24-20(19(27)23-16-6-7-16)9-11-25(12-10-20)18(26)14-3-1-2-4-14/h3,5,8,13,16H,1-2,4,6-7,9-12H2,(H,22,24)(H,23,27). The number of hydrogen-bond donors (Lipinski definition) is 2. The minimum Gasteiger partial charge on any atom is -0.356 e. The van der Waals surface area contributed by atoms with E-state index < -0.39 is 11.4 Å². The van der Waals surface area contributed by atoms with Crippen LogP contribution in [0.2, 0.25) is 0 Å². The van der Waals surface area contributed by atoms with Crippen LogP contribution in [0.5, 0.6) is 0 Å². The summed E-state index contributed by atoms with van der Waals surface area (Å²) in [5, 5.41) is 6.32. The van der Waals surface area contributed by atoms with Crippen molar-refractivity contribution < 1.29 is 14.0 Å². The largest absolute Gasteiger partial charge is 0.356 e. The number of allylic oxidation sites excluding steroid dienone is 1. The van der Waals surface area contributed by atoms with Crippen molar-refractivity contribution in [2.75, 3.05) is 18.4 Å². The Kier molecular flexibility index (Phi) is 4.85. The third kappa shape index (κ3) is 3.96. The van der Waals surface area contributed by atoms with E-state index in [1.807, 2.05) is 11.0 Å². The molecule has 0 unspecified atom stereocenters. The van der Waals surface area contributed by atoms with Crippen molar-refractivity contribution in [3.63, 3.8) is 0 Å². The SMILES string of the molecule is O=C(C1=CCCC1)N1CCC(Nc2ccc(F)cn2)(C(=O)NC2CC2)CC1. The fourth-order valence-corrected chi connectivity index (χ4v) is 3.81. The first-order valence-corrected chi connectivity index (χ1v) is 9.75. The van der Waals surface area contributed by atoms with E-state index in [1.165, 1.54) is 6.07 Å². The van der Waals surface area contributed by atoms with Gasteiger partial charge in [0, 0.05) is 24.7 Å². The molecule has 1 aromatic heterocycles. The molecule has 2 fully saturated rings. The van der Waals surface area contributed by atoms with E-state index >= 15 is 0 Å². The summed E-state index contributed by atoms with van der Waals surface area (Å²) in [6.07, 6.45) is 9.06. The molecule has 1 aliphatic heterocycles.